The third-order valence-corrected chi connectivity index (χ3v) is 7.77. The van der Waals surface area contributed by atoms with Crippen molar-refractivity contribution in [3.63, 3.8) is 0 Å². The zero-order valence-electron chi connectivity index (χ0n) is 23.5. The number of carbonyl (C=O) groups excluding carboxylic acids is 4. The first-order valence-corrected chi connectivity index (χ1v) is 13.9. The minimum absolute atomic E-state index is 0.0523. The van der Waals surface area contributed by atoms with E-state index in [2.05, 4.69) is 13.2 Å². The van der Waals surface area contributed by atoms with Gasteiger partial charge >= 0.3 is 23.9 Å². The summed E-state index contributed by atoms with van der Waals surface area (Å²) in [5, 5.41) is 0. The van der Waals surface area contributed by atoms with Crippen molar-refractivity contribution in [1.82, 2.24) is 0 Å². The molecule has 2 aromatic carbocycles. The summed E-state index contributed by atoms with van der Waals surface area (Å²) in [5.74, 6) is -4.50. The van der Waals surface area contributed by atoms with Crippen LogP contribution in [-0.4, -0.2) is 76.7 Å². The summed E-state index contributed by atoms with van der Waals surface area (Å²) in [7, 11) is 0. The number of hydrogen-bond acceptors (Lipinski definition) is 11. The van der Waals surface area contributed by atoms with Gasteiger partial charge in [0.2, 0.25) is 0 Å². The van der Waals surface area contributed by atoms with Gasteiger partial charge in [-0.2, -0.15) is 0 Å². The fourth-order valence-corrected chi connectivity index (χ4v) is 6.26. The molecule has 0 amide bonds. The second-order valence-electron chi connectivity index (χ2n) is 9.92. The molecule has 43 heavy (non-hydrogen) atoms. The smallest absolute Gasteiger partial charge is 0.330 e. The minimum atomic E-state index is -1.34. The molecule has 3 aliphatic carbocycles. The molecule has 1 heterocycles. The highest BCUT2D eigenvalue weighted by Gasteiger charge is 2.74. The predicted octanol–water partition coefficient (Wildman–Crippen LogP) is 2.34. The summed E-state index contributed by atoms with van der Waals surface area (Å²) in [5.41, 5.74) is 0.0994. The van der Waals surface area contributed by atoms with Gasteiger partial charge < -0.3 is 33.2 Å². The second kappa shape index (κ2) is 13.0. The highest BCUT2D eigenvalue weighted by atomic mass is 16.6. The molecular formula is C32H32O11. The molecule has 11 heteroatoms. The Labute approximate surface area is 248 Å². The zero-order valence-corrected chi connectivity index (χ0v) is 23.5. The lowest BCUT2D eigenvalue weighted by Gasteiger charge is -2.58. The van der Waals surface area contributed by atoms with Crippen LogP contribution in [-0.2, 0) is 63.5 Å². The summed E-state index contributed by atoms with van der Waals surface area (Å²) in [6, 6.07) is 14.9. The maximum absolute atomic E-state index is 13.4. The highest BCUT2D eigenvalue weighted by Crippen LogP contribution is 2.67. The van der Waals surface area contributed by atoms with E-state index in [0.29, 0.717) is 22.3 Å². The minimum Gasteiger partial charge on any atom is -0.460 e. The summed E-state index contributed by atoms with van der Waals surface area (Å²) in [6.07, 6.45) is 2.14. The topological polar surface area (TPSA) is 133 Å². The van der Waals surface area contributed by atoms with Crippen molar-refractivity contribution in [2.24, 2.45) is 11.8 Å². The van der Waals surface area contributed by atoms with Crippen molar-refractivity contribution in [3.05, 3.63) is 96.1 Å². The fraction of sp³-hybridized carbons (Fsp3) is 0.375. The second-order valence-corrected chi connectivity index (χ2v) is 9.92. The lowest BCUT2D eigenvalue weighted by molar-refractivity contribution is -0.182. The van der Waals surface area contributed by atoms with Gasteiger partial charge in [-0.15, -0.1) is 0 Å². The first-order chi connectivity index (χ1) is 20.9. The molecule has 0 saturated carbocycles. The molecule has 2 unspecified atom stereocenters. The summed E-state index contributed by atoms with van der Waals surface area (Å²) < 4.78 is 39.5. The van der Waals surface area contributed by atoms with Gasteiger partial charge in [0.1, 0.15) is 36.3 Å². The highest BCUT2D eigenvalue weighted by molar-refractivity contribution is 6.01. The van der Waals surface area contributed by atoms with Gasteiger partial charge in [-0.05, 0) is 22.3 Å². The monoisotopic (exact) mass is 592 g/mol. The Balaban J connectivity index is 1.42. The Hall–Kier alpha value is -4.16. The normalized spacial score (nSPS) is 24.4. The van der Waals surface area contributed by atoms with E-state index < -0.39 is 46.9 Å². The van der Waals surface area contributed by atoms with Crippen LogP contribution in [0.5, 0.6) is 0 Å². The van der Waals surface area contributed by atoms with Gasteiger partial charge in [0, 0.05) is 12.2 Å². The maximum Gasteiger partial charge on any atom is 0.330 e. The molecule has 4 aliphatic rings. The van der Waals surface area contributed by atoms with E-state index in [4.69, 9.17) is 33.2 Å². The van der Waals surface area contributed by atoms with Gasteiger partial charge in [0.25, 0.3) is 0 Å². The van der Waals surface area contributed by atoms with Gasteiger partial charge in [-0.1, -0.05) is 61.7 Å². The molecule has 1 aliphatic heterocycles. The van der Waals surface area contributed by atoms with Crippen LogP contribution in [0.25, 0.3) is 0 Å². The number of esters is 4. The van der Waals surface area contributed by atoms with Crippen LogP contribution in [0.1, 0.15) is 22.3 Å². The lowest BCUT2D eigenvalue weighted by atomic mass is 9.50. The summed E-state index contributed by atoms with van der Waals surface area (Å²) >= 11 is 0. The molecular weight excluding hydrogens is 560 g/mol. The van der Waals surface area contributed by atoms with Crippen LogP contribution in [0, 0.1) is 11.8 Å². The number of rotatable bonds is 16. The molecule has 0 radical (unpaired) electrons. The largest absolute Gasteiger partial charge is 0.460 e. The van der Waals surface area contributed by atoms with Gasteiger partial charge in [0.15, 0.2) is 0 Å². The number of ether oxygens (including phenoxy) is 7. The molecule has 6 rings (SSSR count). The molecule has 0 aromatic heterocycles. The van der Waals surface area contributed by atoms with E-state index in [9.17, 15) is 19.2 Å². The quantitative estimate of drug-likeness (QED) is 0.0935. The van der Waals surface area contributed by atoms with Crippen molar-refractivity contribution in [2.75, 3.05) is 52.9 Å². The number of cyclic esters (lactones) is 2. The van der Waals surface area contributed by atoms with Crippen LogP contribution in [0.15, 0.2) is 73.8 Å². The first kappa shape index (κ1) is 30.3. The molecule has 2 aromatic rings. The van der Waals surface area contributed by atoms with Crippen LogP contribution in [0.2, 0.25) is 0 Å². The molecule has 0 spiro atoms. The third-order valence-electron chi connectivity index (χ3n) is 7.77. The van der Waals surface area contributed by atoms with Crippen LogP contribution < -0.4 is 0 Å². The molecule has 2 bridgehead atoms. The van der Waals surface area contributed by atoms with Crippen LogP contribution in [0.4, 0.5) is 0 Å². The van der Waals surface area contributed by atoms with E-state index in [0.717, 1.165) is 12.2 Å². The van der Waals surface area contributed by atoms with Crippen molar-refractivity contribution >= 4 is 23.9 Å². The Kier molecular flexibility index (Phi) is 9.16. The van der Waals surface area contributed by atoms with Gasteiger partial charge in [-0.3, -0.25) is 9.59 Å². The SMILES string of the molecule is C=CC(=O)OCCOCCOC12c3ccccc3C(OCCOCCOC(=O)C=C)(c3ccccc31)C1C(=O)OC(=O)C12. The molecule has 226 valence electrons. The van der Waals surface area contributed by atoms with E-state index in [-0.39, 0.29) is 52.9 Å². The van der Waals surface area contributed by atoms with Crippen LogP contribution >= 0.6 is 0 Å². The van der Waals surface area contributed by atoms with E-state index in [1.807, 2.05) is 48.5 Å². The lowest BCUT2D eigenvalue weighted by Crippen LogP contribution is -2.63. The molecule has 1 saturated heterocycles. The maximum atomic E-state index is 13.4. The summed E-state index contributed by atoms with van der Waals surface area (Å²) in [4.78, 5) is 49.4. The summed E-state index contributed by atoms with van der Waals surface area (Å²) in [6.45, 7) is 7.51. The molecule has 1 fully saturated rings. The number of carbonyl (C=O) groups is 4. The van der Waals surface area contributed by atoms with Crippen molar-refractivity contribution in [3.8, 4) is 0 Å². The Bertz CT molecular complexity index is 1260. The van der Waals surface area contributed by atoms with Gasteiger partial charge in [-0.25, -0.2) is 9.59 Å². The van der Waals surface area contributed by atoms with Crippen LogP contribution in [0.3, 0.4) is 0 Å². The van der Waals surface area contributed by atoms with E-state index in [1.54, 1.807) is 0 Å². The molecule has 11 nitrogen and oxygen atoms in total. The Morgan fingerprint density at radius 1 is 0.628 bits per heavy atom. The van der Waals surface area contributed by atoms with Crippen molar-refractivity contribution in [2.45, 2.75) is 11.2 Å². The first-order valence-electron chi connectivity index (χ1n) is 13.9. The third kappa shape index (κ3) is 5.29. The number of benzene rings is 2. The average molecular weight is 593 g/mol. The molecule has 2 atom stereocenters. The van der Waals surface area contributed by atoms with Gasteiger partial charge in [0.05, 0.1) is 39.6 Å². The van der Waals surface area contributed by atoms with Crippen molar-refractivity contribution < 1.29 is 52.3 Å². The molecule has 0 N–H and O–H groups in total. The van der Waals surface area contributed by atoms with E-state index in [1.165, 1.54) is 0 Å². The standard InChI is InChI=1S/C32H32O11/c1-3-25(33)39-17-13-37-15-19-41-31-21-9-5-7-11-23(21)32(24-12-8-6-10-22(24)31,28-27(31)29(35)43-30(28)36)42-20-16-38-14-18-40-26(34)4-2/h3-12,27-28H,1-2,13-20H2. The predicted molar refractivity (Wildman–Crippen MR) is 148 cm³/mol. The number of hydrogen-bond donors (Lipinski definition) is 0. The fourth-order valence-electron chi connectivity index (χ4n) is 6.26. The Morgan fingerprint density at radius 3 is 1.33 bits per heavy atom. The zero-order chi connectivity index (χ0) is 30.5. The Morgan fingerprint density at radius 2 is 0.977 bits per heavy atom. The van der Waals surface area contributed by atoms with E-state index >= 15 is 0 Å². The van der Waals surface area contributed by atoms with Crippen molar-refractivity contribution in [1.29, 1.82) is 0 Å². The average Bonchev–Trinajstić information content (AvgIpc) is 3.35.